The molecule has 5 rings (SSSR count). The third kappa shape index (κ3) is 10.5. The number of ether oxygens (including phenoxy) is 1. The number of piperidine rings is 1. The second kappa shape index (κ2) is 17.6. The number of nitrogens with one attached hydrogen (secondary N) is 2. The Kier molecular flexibility index (Phi) is 13.0. The maximum Gasteiger partial charge on any atom is 0.408 e. The molecule has 53 heavy (non-hydrogen) atoms. The lowest BCUT2D eigenvalue weighted by Crippen LogP contribution is -2.58. The monoisotopic (exact) mass is 724 g/mol. The highest BCUT2D eigenvalue weighted by atomic mass is 16.6. The van der Waals surface area contributed by atoms with Gasteiger partial charge in [-0.1, -0.05) is 48.9 Å². The SMILES string of the molecule is CC1C(c2ccccc2)CC(NC(=O)OC(C)(C)C)C(=O)N1CCCCCN(C)C/C=C/c1cnc(NC=O)c([C@@H]2Cc3cc(C(=O)O)cnc3C2)c1. The van der Waals surface area contributed by atoms with Crippen LogP contribution in [0.3, 0.4) is 0 Å². The molecule has 1 saturated heterocycles. The average molecular weight is 725 g/mol. The van der Waals surface area contributed by atoms with Gasteiger partial charge in [0.15, 0.2) is 0 Å². The van der Waals surface area contributed by atoms with Crippen molar-refractivity contribution in [3.05, 3.63) is 94.4 Å². The molecule has 4 atom stereocenters. The summed E-state index contributed by atoms with van der Waals surface area (Å²) in [4.78, 5) is 62.1. The normalized spacial score (nSPS) is 20.0. The van der Waals surface area contributed by atoms with Gasteiger partial charge in [-0.2, -0.15) is 0 Å². The summed E-state index contributed by atoms with van der Waals surface area (Å²) in [5.74, 6) is -0.458. The van der Waals surface area contributed by atoms with E-state index in [0.717, 1.165) is 60.3 Å². The largest absolute Gasteiger partial charge is 0.478 e. The highest BCUT2D eigenvalue weighted by Crippen LogP contribution is 2.37. The second-order valence-corrected chi connectivity index (χ2v) is 15.2. The minimum absolute atomic E-state index is 0.00173. The fourth-order valence-electron chi connectivity index (χ4n) is 7.35. The van der Waals surface area contributed by atoms with Crippen molar-refractivity contribution in [1.29, 1.82) is 0 Å². The molecule has 282 valence electrons. The summed E-state index contributed by atoms with van der Waals surface area (Å²) in [7, 11) is 2.08. The number of aromatic nitrogens is 2. The van der Waals surface area contributed by atoms with Gasteiger partial charge in [0.05, 0.1) is 5.56 Å². The zero-order valence-corrected chi connectivity index (χ0v) is 31.4. The number of benzene rings is 1. The van der Waals surface area contributed by atoms with Crippen molar-refractivity contribution in [1.82, 2.24) is 25.1 Å². The number of alkyl carbamates (subject to hydrolysis) is 1. The molecule has 2 aromatic heterocycles. The van der Waals surface area contributed by atoms with Gasteiger partial charge >= 0.3 is 12.1 Å². The molecule has 1 aromatic carbocycles. The smallest absolute Gasteiger partial charge is 0.408 e. The van der Waals surface area contributed by atoms with Gasteiger partial charge < -0.3 is 30.3 Å². The van der Waals surface area contributed by atoms with Gasteiger partial charge in [-0.15, -0.1) is 0 Å². The maximum absolute atomic E-state index is 13.6. The molecule has 0 saturated carbocycles. The number of fused-ring (bicyclic) bond motifs is 1. The molecule has 2 aliphatic rings. The van der Waals surface area contributed by atoms with E-state index in [1.807, 2.05) is 56.0 Å². The third-order valence-corrected chi connectivity index (χ3v) is 10.0. The second-order valence-electron chi connectivity index (χ2n) is 15.2. The van der Waals surface area contributed by atoms with E-state index in [9.17, 15) is 24.3 Å². The Labute approximate surface area is 312 Å². The van der Waals surface area contributed by atoms with Crippen LogP contribution in [0.1, 0.15) is 104 Å². The first kappa shape index (κ1) is 39.1. The number of likely N-dealkylation sites (tertiary alicyclic amines) is 1. The zero-order valence-electron chi connectivity index (χ0n) is 31.4. The number of carbonyl (C=O) groups is 4. The zero-order chi connectivity index (χ0) is 38.1. The van der Waals surface area contributed by atoms with Crippen LogP contribution in [0.2, 0.25) is 0 Å². The van der Waals surface area contributed by atoms with Gasteiger partial charge in [-0.3, -0.25) is 14.6 Å². The molecule has 3 unspecified atom stereocenters. The van der Waals surface area contributed by atoms with Crippen molar-refractivity contribution in [3.8, 4) is 0 Å². The molecular formula is C41H52N6O6. The Morgan fingerprint density at radius 3 is 2.57 bits per heavy atom. The van der Waals surface area contributed by atoms with Crippen molar-refractivity contribution in [3.63, 3.8) is 0 Å². The number of nitrogens with zero attached hydrogens (tertiary/aromatic N) is 4. The van der Waals surface area contributed by atoms with Crippen LogP contribution >= 0.6 is 0 Å². The molecule has 0 bridgehead atoms. The van der Waals surface area contributed by atoms with E-state index >= 15 is 0 Å². The predicted octanol–water partition coefficient (Wildman–Crippen LogP) is 6.04. The molecule has 0 spiro atoms. The number of rotatable bonds is 15. The summed E-state index contributed by atoms with van der Waals surface area (Å²) in [6.45, 7) is 9.77. The highest BCUT2D eigenvalue weighted by Gasteiger charge is 2.41. The van der Waals surface area contributed by atoms with Gasteiger partial charge in [0, 0.05) is 43.1 Å². The summed E-state index contributed by atoms with van der Waals surface area (Å²) >= 11 is 0. The standard InChI is InChI=1S/C41H52N6O6/c1-27-33(29-14-8-6-9-15-29)23-36(45-40(52)53-41(2,3)4)38(49)47(27)18-11-7-10-16-46(5)17-12-13-28-19-34(37(43-24-28)44-26-48)30-20-31-21-32(39(50)51)25-42-35(31)22-30/h6,8-9,12-15,19,21,24-27,30,33,36H,7,10-11,16-18,20,22-23H2,1-5H3,(H,45,52)(H,50,51)(H,43,44,48)/b13-12+/t27?,30-,33?,36?/m1/s1. The molecule has 3 aromatic rings. The molecule has 12 heteroatoms. The van der Waals surface area contributed by atoms with Gasteiger partial charge in [0.25, 0.3) is 0 Å². The Morgan fingerprint density at radius 1 is 1.08 bits per heavy atom. The van der Waals surface area contributed by atoms with E-state index in [4.69, 9.17) is 4.74 Å². The third-order valence-electron chi connectivity index (χ3n) is 10.0. The number of hydrogen-bond donors (Lipinski definition) is 3. The summed E-state index contributed by atoms with van der Waals surface area (Å²) in [6.07, 6.45) is 11.8. The van der Waals surface area contributed by atoms with Crippen molar-refractivity contribution in [2.45, 2.75) is 95.7 Å². The van der Waals surface area contributed by atoms with Crippen LogP contribution in [0.25, 0.3) is 6.08 Å². The molecule has 3 heterocycles. The van der Waals surface area contributed by atoms with Crippen LogP contribution in [0.5, 0.6) is 0 Å². The molecule has 1 aliphatic heterocycles. The predicted molar refractivity (Wildman–Crippen MR) is 204 cm³/mol. The van der Waals surface area contributed by atoms with Crippen LogP contribution in [0.4, 0.5) is 10.6 Å². The van der Waals surface area contributed by atoms with E-state index in [1.54, 1.807) is 12.3 Å². The lowest BCUT2D eigenvalue weighted by atomic mass is 9.81. The molecular weight excluding hydrogens is 672 g/mol. The first-order chi connectivity index (χ1) is 25.3. The number of pyridine rings is 2. The topological polar surface area (TPSA) is 154 Å². The molecule has 12 nitrogen and oxygen atoms in total. The number of unbranched alkanes of at least 4 members (excludes halogenated alkanes) is 2. The van der Waals surface area contributed by atoms with Gasteiger partial charge in [0.1, 0.15) is 17.5 Å². The highest BCUT2D eigenvalue weighted by molar-refractivity contribution is 5.88. The number of hydrogen-bond acceptors (Lipinski definition) is 8. The van der Waals surface area contributed by atoms with Gasteiger partial charge in [-0.05, 0) is 114 Å². The van der Waals surface area contributed by atoms with E-state index in [0.29, 0.717) is 38.0 Å². The van der Waals surface area contributed by atoms with E-state index in [2.05, 4.69) is 57.7 Å². The summed E-state index contributed by atoms with van der Waals surface area (Å²) in [5.41, 5.74) is 4.24. The van der Waals surface area contributed by atoms with Crippen LogP contribution in [-0.2, 0) is 27.2 Å². The van der Waals surface area contributed by atoms with Gasteiger partial charge in [-0.25, -0.2) is 14.6 Å². The number of carboxylic acids is 1. The number of anilines is 1. The molecule has 1 fully saturated rings. The summed E-state index contributed by atoms with van der Waals surface area (Å²) in [6, 6.07) is 13.2. The van der Waals surface area contributed by atoms with E-state index in [-0.39, 0.29) is 29.3 Å². The Hall–Kier alpha value is -5.10. The quantitative estimate of drug-likeness (QED) is 0.126. The lowest BCUT2D eigenvalue weighted by Gasteiger charge is -2.43. The Morgan fingerprint density at radius 2 is 1.85 bits per heavy atom. The number of likely N-dealkylation sites (N-methyl/N-ethyl adjacent to an activating group) is 1. The minimum Gasteiger partial charge on any atom is -0.478 e. The van der Waals surface area contributed by atoms with Crippen molar-refractivity contribution >= 4 is 36.3 Å². The van der Waals surface area contributed by atoms with Crippen LogP contribution in [0.15, 0.2) is 60.9 Å². The average Bonchev–Trinajstić information content (AvgIpc) is 3.54. The minimum atomic E-state index is -1.00. The van der Waals surface area contributed by atoms with Crippen molar-refractivity contribution in [2.75, 3.05) is 32.0 Å². The van der Waals surface area contributed by atoms with Gasteiger partial charge in [0.2, 0.25) is 12.3 Å². The molecule has 3 amide bonds. The van der Waals surface area contributed by atoms with Crippen LogP contribution < -0.4 is 10.6 Å². The van der Waals surface area contributed by atoms with E-state index < -0.39 is 23.7 Å². The molecule has 1 aliphatic carbocycles. The molecule has 0 radical (unpaired) electrons. The van der Waals surface area contributed by atoms with Crippen LogP contribution in [-0.4, -0.2) is 93.6 Å². The van der Waals surface area contributed by atoms with Crippen molar-refractivity contribution < 1.29 is 29.0 Å². The first-order valence-electron chi connectivity index (χ1n) is 18.4. The lowest BCUT2D eigenvalue weighted by molar-refractivity contribution is -0.139. The fraction of sp³-hybridized carbons (Fsp3) is 0.463. The fourth-order valence-corrected chi connectivity index (χ4v) is 7.35. The summed E-state index contributed by atoms with van der Waals surface area (Å²) < 4.78 is 5.48. The Balaban J connectivity index is 1.12. The number of carbonyl (C=O) groups excluding carboxylic acids is 3. The van der Waals surface area contributed by atoms with Crippen molar-refractivity contribution in [2.24, 2.45) is 0 Å². The number of aromatic carboxylic acids is 1. The maximum atomic E-state index is 13.6. The first-order valence-corrected chi connectivity index (χ1v) is 18.4. The van der Waals surface area contributed by atoms with Crippen LogP contribution in [0, 0.1) is 0 Å². The Bertz CT molecular complexity index is 1790. The molecule has 3 N–H and O–H groups in total. The number of carboxylic acid groups (broad SMARTS) is 1. The van der Waals surface area contributed by atoms with E-state index in [1.165, 1.54) is 6.20 Å². The summed E-state index contributed by atoms with van der Waals surface area (Å²) in [5, 5.41) is 14.9. The number of amides is 3.